The number of hydrogen-bond acceptors (Lipinski definition) is 5. The lowest BCUT2D eigenvalue weighted by Gasteiger charge is -2.23. The highest BCUT2D eigenvalue weighted by atomic mass is 16.4. The first-order valence-corrected chi connectivity index (χ1v) is 5.78. The molecular weight excluding hydrogens is 220 g/mol. The molecule has 1 heterocycles. The van der Waals surface area contributed by atoms with Crippen molar-refractivity contribution in [1.29, 1.82) is 0 Å². The number of anilines is 1. The number of nitrogens with two attached hydrogens (primary N) is 1. The number of hydrogen-bond donors (Lipinski definition) is 2. The van der Waals surface area contributed by atoms with Gasteiger partial charge in [-0.05, 0) is 18.3 Å². The number of carbonyl (C=O) groups is 1. The third kappa shape index (κ3) is 2.82. The van der Waals surface area contributed by atoms with Crippen LogP contribution in [0.4, 0.5) is 6.01 Å². The van der Waals surface area contributed by atoms with Gasteiger partial charge in [0.15, 0.2) is 0 Å². The summed E-state index contributed by atoms with van der Waals surface area (Å²) in [5, 5.41) is 10.2. The monoisotopic (exact) mass is 238 g/mol. The second-order valence-corrected chi connectivity index (χ2v) is 5.55. The zero-order valence-electron chi connectivity index (χ0n) is 10.4. The molecule has 0 bridgehead atoms. The summed E-state index contributed by atoms with van der Waals surface area (Å²) in [7, 11) is 0. The molecule has 1 aliphatic carbocycles. The van der Waals surface area contributed by atoms with E-state index >= 15 is 0 Å². The molecule has 0 saturated heterocycles. The van der Waals surface area contributed by atoms with Gasteiger partial charge in [-0.15, -0.1) is 5.10 Å². The molecule has 1 aromatic heterocycles. The Morgan fingerprint density at radius 3 is 2.65 bits per heavy atom. The lowest BCUT2D eigenvalue weighted by molar-refractivity contribution is -0.117. The van der Waals surface area contributed by atoms with Crippen LogP contribution in [0.1, 0.15) is 45.5 Å². The molecule has 1 amide bonds. The third-order valence-electron chi connectivity index (χ3n) is 2.82. The van der Waals surface area contributed by atoms with E-state index in [0.29, 0.717) is 5.89 Å². The lowest BCUT2D eigenvalue weighted by Crippen LogP contribution is -2.26. The highest BCUT2D eigenvalue weighted by Crippen LogP contribution is 2.32. The van der Waals surface area contributed by atoms with Crippen LogP contribution in [-0.4, -0.2) is 16.1 Å². The van der Waals surface area contributed by atoms with E-state index in [1.165, 1.54) is 0 Å². The molecule has 1 atom stereocenters. The van der Waals surface area contributed by atoms with Gasteiger partial charge in [0.25, 0.3) is 0 Å². The molecule has 0 radical (unpaired) electrons. The maximum absolute atomic E-state index is 11.5. The van der Waals surface area contributed by atoms with Gasteiger partial charge in [0.1, 0.15) is 0 Å². The summed E-state index contributed by atoms with van der Waals surface area (Å²) in [6.45, 7) is 5.97. The van der Waals surface area contributed by atoms with Crippen LogP contribution < -0.4 is 11.1 Å². The molecule has 6 heteroatoms. The SMILES string of the molecule is CC(C)(C)C(N)c1nnc(NC(=O)C2CC2)o1. The van der Waals surface area contributed by atoms with E-state index in [1.807, 2.05) is 20.8 Å². The van der Waals surface area contributed by atoms with Crippen molar-refractivity contribution in [2.75, 3.05) is 5.32 Å². The van der Waals surface area contributed by atoms with Crippen LogP contribution >= 0.6 is 0 Å². The summed E-state index contributed by atoms with van der Waals surface area (Å²) >= 11 is 0. The van der Waals surface area contributed by atoms with Gasteiger partial charge in [0.05, 0.1) is 6.04 Å². The van der Waals surface area contributed by atoms with E-state index in [2.05, 4.69) is 15.5 Å². The molecule has 0 spiro atoms. The Balaban J connectivity index is 2.02. The van der Waals surface area contributed by atoms with Gasteiger partial charge in [0.2, 0.25) is 11.8 Å². The standard InChI is InChI=1S/C11H18N4O2/c1-11(2,3)7(12)9-14-15-10(17-9)13-8(16)6-4-5-6/h6-7H,4-5,12H2,1-3H3,(H,13,15,16). The Morgan fingerprint density at radius 2 is 2.12 bits per heavy atom. The number of aromatic nitrogens is 2. The average Bonchev–Trinajstić information content (AvgIpc) is 2.98. The van der Waals surface area contributed by atoms with E-state index in [-0.39, 0.29) is 29.3 Å². The normalized spacial score (nSPS) is 17.9. The van der Waals surface area contributed by atoms with Gasteiger partial charge in [-0.1, -0.05) is 25.9 Å². The number of nitrogens with one attached hydrogen (secondary N) is 1. The molecule has 1 fully saturated rings. The minimum absolute atomic E-state index is 0.0514. The highest BCUT2D eigenvalue weighted by Gasteiger charge is 2.31. The molecule has 2 rings (SSSR count). The summed E-state index contributed by atoms with van der Waals surface area (Å²) in [6.07, 6.45) is 1.88. The first-order valence-electron chi connectivity index (χ1n) is 5.78. The van der Waals surface area contributed by atoms with Gasteiger partial charge in [0, 0.05) is 5.92 Å². The van der Waals surface area contributed by atoms with Crippen molar-refractivity contribution in [3.05, 3.63) is 5.89 Å². The third-order valence-corrected chi connectivity index (χ3v) is 2.82. The second kappa shape index (κ2) is 4.10. The fourth-order valence-corrected chi connectivity index (χ4v) is 1.33. The van der Waals surface area contributed by atoms with Gasteiger partial charge < -0.3 is 10.2 Å². The number of carbonyl (C=O) groups excluding carboxylic acids is 1. The van der Waals surface area contributed by atoms with Crippen LogP contribution in [0.25, 0.3) is 0 Å². The van der Waals surface area contributed by atoms with Gasteiger partial charge >= 0.3 is 6.01 Å². The summed E-state index contributed by atoms with van der Waals surface area (Å²) in [6, 6.07) is -0.210. The van der Waals surface area contributed by atoms with Crippen LogP contribution in [-0.2, 0) is 4.79 Å². The van der Waals surface area contributed by atoms with E-state index in [1.54, 1.807) is 0 Å². The fraction of sp³-hybridized carbons (Fsp3) is 0.727. The second-order valence-electron chi connectivity index (χ2n) is 5.55. The zero-order chi connectivity index (χ0) is 12.6. The Bertz CT molecular complexity index is 417. The first-order chi connectivity index (χ1) is 7.88. The first kappa shape index (κ1) is 12.0. The molecule has 3 N–H and O–H groups in total. The van der Waals surface area contributed by atoms with Crippen LogP contribution in [0.15, 0.2) is 4.42 Å². The molecule has 1 aliphatic rings. The van der Waals surface area contributed by atoms with Crippen molar-refractivity contribution in [3.8, 4) is 0 Å². The van der Waals surface area contributed by atoms with Gasteiger partial charge in [-0.2, -0.15) is 0 Å². The predicted octanol–water partition coefficient (Wildman–Crippen LogP) is 1.46. The Kier molecular flexibility index (Phi) is 2.91. The average molecular weight is 238 g/mol. The van der Waals surface area contributed by atoms with Crippen LogP contribution in [0.5, 0.6) is 0 Å². The smallest absolute Gasteiger partial charge is 0.322 e. The van der Waals surface area contributed by atoms with E-state index in [4.69, 9.17) is 10.2 Å². The van der Waals surface area contributed by atoms with Crippen molar-refractivity contribution in [2.45, 2.75) is 39.7 Å². The van der Waals surface area contributed by atoms with Crippen molar-refractivity contribution in [1.82, 2.24) is 10.2 Å². The predicted molar refractivity (Wildman–Crippen MR) is 62.0 cm³/mol. The maximum Gasteiger partial charge on any atom is 0.322 e. The van der Waals surface area contributed by atoms with Crippen LogP contribution in [0, 0.1) is 11.3 Å². The van der Waals surface area contributed by atoms with Gasteiger partial charge in [-0.25, -0.2) is 0 Å². The molecule has 94 valence electrons. The molecule has 0 aliphatic heterocycles. The zero-order valence-corrected chi connectivity index (χ0v) is 10.4. The summed E-state index contributed by atoms with van der Waals surface area (Å²) in [5.41, 5.74) is 5.82. The summed E-state index contributed by atoms with van der Waals surface area (Å²) in [4.78, 5) is 11.5. The van der Waals surface area contributed by atoms with Crippen LogP contribution in [0.3, 0.4) is 0 Å². The molecule has 0 aromatic carbocycles. The number of amides is 1. The quantitative estimate of drug-likeness (QED) is 0.831. The maximum atomic E-state index is 11.5. The van der Waals surface area contributed by atoms with Crippen molar-refractivity contribution in [2.24, 2.45) is 17.1 Å². The molecule has 1 aromatic rings. The molecule has 1 saturated carbocycles. The minimum atomic E-state index is -0.346. The Hall–Kier alpha value is -1.43. The highest BCUT2D eigenvalue weighted by molar-refractivity contribution is 5.92. The van der Waals surface area contributed by atoms with Crippen molar-refractivity contribution in [3.63, 3.8) is 0 Å². The molecule has 1 unspecified atom stereocenters. The topological polar surface area (TPSA) is 94.0 Å². The van der Waals surface area contributed by atoms with E-state index in [9.17, 15) is 4.79 Å². The van der Waals surface area contributed by atoms with Gasteiger partial charge in [-0.3, -0.25) is 10.1 Å². The minimum Gasteiger partial charge on any atom is -0.406 e. The lowest BCUT2D eigenvalue weighted by atomic mass is 9.87. The largest absolute Gasteiger partial charge is 0.406 e. The number of rotatable bonds is 3. The van der Waals surface area contributed by atoms with Crippen molar-refractivity contribution >= 4 is 11.9 Å². The molecule has 6 nitrogen and oxygen atoms in total. The van der Waals surface area contributed by atoms with E-state index in [0.717, 1.165) is 12.8 Å². The Morgan fingerprint density at radius 1 is 1.47 bits per heavy atom. The van der Waals surface area contributed by atoms with E-state index < -0.39 is 0 Å². The summed E-state index contributed by atoms with van der Waals surface area (Å²) < 4.78 is 5.34. The summed E-state index contributed by atoms with van der Waals surface area (Å²) in [5.74, 6) is 0.412. The Labute approximate surface area is 100.0 Å². The molecule has 17 heavy (non-hydrogen) atoms. The number of nitrogens with zero attached hydrogens (tertiary/aromatic N) is 2. The van der Waals surface area contributed by atoms with Crippen molar-refractivity contribution < 1.29 is 9.21 Å². The molecular formula is C11H18N4O2. The fourth-order valence-electron chi connectivity index (χ4n) is 1.33. The van der Waals surface area contributed by atoms with Crippen LogP contribution in [0.2, 0.25) is 0 Å².